The summed E-state index contributed by atoms with van der Waals surface area (Å²) in [6.07, 6.45) is -6.40. The zero-order valence-electron chi connectivity index (χ0n) is 22.7. The highest BCUT2D eigenvalue weighted by molar-refractivity contribution is 6.30. The molecular weight excluding hydrogens is 581 g/mol. The fourth-order valence-corrected chi connectivity index (χ4v) is 4.94. The third kappa shape index (κ3) is 6.44. The number of para-hydroxylation sites is 1. The molecule has 1 atom stereocenters. The largest absolute Gasteiger partial charge is 0.418 e. The molecule has 0 radical (unpaired) electrons. The van der Waals surface area contributed by atoms with Crippen molar-refractivity contribution in [1.29, 1.82) is 0 Å². The Morgan fingerprint density at radius 1 is 0.930 bits per heavy atom. The second kappa shape index (κ2) is 12.1. The number of hydrogen-bond donors (Lipinski definition) is 2. The van der Waals surface area contributed by atoms with Gasteiger partial charge in [0.25, 0.3) is 5.91 Å². The molecule has 0 bridgehead atoms. The SMILES string of the molecule is Cc1ccccc1C(=O)CN1C(=O)[C@@H](NC(=O)Nc2ccc(Cl)cc2C(F)(F)F)N=C(c2ccccc2)c2ccccc21. The van der Waals surface area contributed by atoms with Crippen LogP contribution in [0.2, 0.25) is 5.02 Å². The molecule has 1 heterocycles. The number of carbonyl (C=O) groups excluding carboxylic acids is 3. The number of aliphatic imine (C=N–C) groups is 1. The molecule has 11 heteroatoms. The van der Waals surface area contributed by atoms with Gasteiger partial charge in [-0.3, -0.25) is 9.59 Å². The molecule has 4 aromatic carbocycles. The van der Waals surface area contributed by atoms with Crippen LogP contribution in [0.4, 0.5) is 29.3 Å². The summed E-state index contributed by atoms with van der Waals surface area (Å²) in [5, 5.41) is 4.39. The number of ketones is 1. The summed E-state index contributed by atoms with van der Waals surface area (Å²) < 4.78 is 40.9. The molecule has 0 saturated heterocycles. The second-order valence-electron chi connectivity index (χ2n) is 9.71. The van der Waals surface area contributed by atoms with Gasteiger partial charge in [0.15, 0.2) is 5.78 Å². The molecule has 0 unspecified atom stereocenters. The Morgan fingerprint density at radius 3 is 2.33 bits per heavy atom. The van der Waals surface area contributed by atoms with Gasteiger partial charge in [-0.05, 0) is 36.8 Å². The number of anilines is 2. The average molecular weight is 605 g/mol. The molecular formula is C32H24ClF3N4O3. The van der Waals surface area contributed by atoms with E-state index in [4.69, 9.17) is 11.6 Å². The van der Waals surface area contributed by atoms with E-state index in [9.17, 15) is 27.6 Å². The van der Waals surface area contributed by atoms with Crippen molar-refractivity contribution in [3.05, 3.63) is 130 Å². The molecule has 3 amide bonds. The van der Waals surface area contributed by atoms with Crippen molar-refractivity contribution in [2.75, 3.05) is 16.8 Å². The standard InChI is InChI=1S/C32H24ClF3N4O3/c1-19-9-5-6-12-22(19)27(41)18-40-26-14-8-7-13-23(26)28(20-10-3-2-4-11-20)38-29(30(40)42)39-31(43)37-25-16-15-21(33)17-24(25)32(34,35)36/h2-17,29H,18H2,1H3,(H2,37,39,43)/t29-/m1/s1. The van der Waals surface area contributed by atoms with E-state index in [1.165, 1.54) is 11.0 Å². The van der Waals surface area contributed by atoms with Crippen LogP contribution in [0.15, 0.2) is 102 Å². The highest BCUT2D eigenvalue weighted by atomic mass is 35.5. The van der Waals surface area contributed by atoms with E-state index < -0.39 is 35.5 Å². The van der Waals surface area contributed by atoms with E-state index in [2.05, 4.69) is 15.6 Å². The van der Waals surface area contributed by atoms with Gasteiger partial charge in [-0.15, -0.1) is 0 Å². The summed E-state index contributed by atoms with van der Waals surface area (Å²) in [7, 11) is 0. The first-order valence-electron chi connectivity index (χ1n) is 13.1. The molecule has 7 nitrogen and oxygen atoms in total. The normalized spacial score (nSPS) is 14.8. The predicted molar refractivity (Wildman–Crippen MR) is 159 cm³/mol. The predicted octanol–water partition coefficient (Wildman–Crippen LogP) is 6.88. The summed E-state index contributed by atoms with van der Waals surface area (Å²) in [6, 6.07) is 24.5. The summed E-state index contributed by atoms with van der Waals surface area (Å²) in [4.78, 5) is 46.4. The van der Waals surface area contributed by atoms with E-state index in [1.54, 1.807) is 85.8 Å². The number of urea groups is 1. The van der Waals surface area contributed by atoms with Crippen molar-refractivity contribution in [2.24, 2.45) is 4.99 Å². The Morgan fingerprint density at radius 2 is 1.60 bits per heavy atom. The number of benzodiazepines with no additional fused rings is 1. The van der Waals surface area contributed by atoms with Gasteiger partial charge in [0, 0.05) is 21.7 Å². The lowest BCUT2D eigenvalue weighted by Crippen LogP contribution is -2.50. The first kappa shape index (κ1) is 29.5. The Labute approximate surface area is 250 Å². The monoisotopic (exact) mass is 604 g/mol. The summed E-state index contributed by atoms with van der Waals surface area (Å²) in [5.74, 6) is -1.09. The zero-order chi connectivity index (χ0) is 30.7. The van der Waals surface area contributed by atoms with Gasteiger partial charge < -0.3 is 15.5 Å². The molecule has 5 rings (SSSR count). The highest BCUT2D eigenvalue weighted by Gasteiger charge is 2.36. The van der Waals surface area contributed by atoms with Gasteiger partial charge in [0.2, 0.25) is 6.17 Å². The van der Waals surface area contributed by atoms with Crippen LogP contribution in [0.3, 0.4) is 0 Å². The van der Waals surface area contributed by atoms with Crippen LogP contribution in [0.5, 0.6) is 0 Å². The number of rotatable bonds is 6. The number of nitrogens with one attached hydrogen (secondary N) is 2. The maximum atomic E-state index is 14.0. The van der Waals surface area contributed by atoms with Crippen molar-refractivity contribution in [1.82, 2.24) is 5.32 Å². The van der Waals surface area contributed by atoms with E-state index in [-0.39, 0.29) is 17.4 Å². The smallest absolute Gasteiger partial charge is 0.308 e. The zero-order valence-corrected chi connectivity index (χ0v) is 23.4. The Balaban J connectivity index is 1.54. The number of hydrogen-bond acceptors (Lipinski definition) is 4. The number of Topliss-reactive ketones (excluding diaryl/α,β-unsaturated/α-hetero) is 1. The third-order valence-electron chi connectivity index (χ3n) is 6.81. The number of halogens is 4. The number of carbonyl (C=O) groups is 3. The van der Waals surface area contributed by atoms with Crippen LogP contribution in [0.25, 0.3) is 0 Å². The minimum absolute atomic E-state index is 0.166. The molecule has 43 heavy (non-hydrogen) atoms. The minimum Gasteiger partial charge on any atom is -0.308 e. The first-order valence-corrected chi connectivity index (χ1v) is 13.5. The van der Waals surface area contributed by atoms with Crippen molar-refractivity contribution in [2.45, 2.75) is 19.3 Å². The average Bonchev–Trinajstić information content (AvgIpc) is 3.09. The molecule has 0 spiro atoms. The number of aryl methyl sites for hydroxylation is 1. The van der Waals surface area contributed by atoms with Crippen molar-refractivity contribution >= 4 is 46.4 Å². The van der Waals surface area contributed by atoms with E-state index in [0.717, 1.165) is 11.6 Å². The van der Waals surface area contributed by atoms with Gasteiger partial charge in [-0.2, -0.15) is 13.2 Å². The van der Waals surface area contributed by atoms with Crippen molar-refractivity contribution < 1.29 is 27.6 Å². The lowest BCUT2D eigenvalue weighted by atomic mass is 9.99. The van der Waals surface area contributed by atoms with Gasteiger partial charge in [0.05, 0.1) is 29.2 Å². The molecule has 2 N–H and O–H groups in total. The van der Waals surface area contributed by atoms with Crippen LogP contribution in [0, 0.1) is 6.92 Å². The molecule has 1 aliphatic heterocycles. The number of fused-ring (bicyclic) bond motifs is 1. The Kier molecular flexibility index (Phi) is 8.31. The number of alkyl halides is 3. The van der Waals surface area contributed by atoms with E-state index in [1.807, 2.05) is 0 Å². The number of amides is 3. The van der Waals surface area contributed by atoms with Crippen LogP contribution in [-0.2, 0) is 11.0 Å². The van der Waals surface area contributed by atoms with Gasteiger partial charge in [0.1, 0.15) is 0 Å². The quantitative estimate of drug-likeness (QED) is 0.235. The minimum atomic E-state index is -4.81. The fraction of sp³-hybridized carbons (Fsp3) is 0.125. The van der Waals surface area contributed by atoms with Crippen molar-refractivity contribution in [3.63, 3.8) is 0 Å². The summed E-state index contributed by atoms with van der Waals surface area (Å²) >= 11 is 5.76. The van der Waals surface area contributed by atoms with Crippen LogP contribution >= 0.6 is 11.6 Å². The molecule has 0 aliphatic carbocycles. The molecule has 218 valence electrons. The molecule has 0 fully saturated rings. The Hall–Kier alpha value is -4.96. The Bertz CT molecular complexity index is 1740. The summed E-state index contributed by atoms with van der Waals surface area (Å²) in [6.45, 7) is 1.41. The second-order valence-corrected chi connectivity index (χ2v) is 10.1. The third-order valence-corrected chi connectivity index (χ3v) is 7.04. The maximum Gasteiger partial charge on any atom is 0.418 e. The molecule has 1 aliphatic rings. The van der Waals surface area contributed by atoms with Gasteiger partial charge in [-0.25, -0.2) is 9.79 Å². The fourth-order valence-electron chi connectivity index (χ4n) is 4.77. The van der Waals surface area contributed by atoms with Crippen LogP contribution in [0.1, 0.15) is 32.6 Å². The lowest BCUT2D eigenvalue weighted by Gasteiger charge is -2.25. The number of benzene rings is 4. The molecule has 0 aromatic heterocycles. The highest BCUT2D eigenvalue weighted by Crippen LogP contribution is 2.36. The molecule has 4 aromatic rings. The van der Waals surface area contributed by atoms with Gasteiger partial charge >= 0.3 is 12.2 Å². The first-order chi connectivity index (χ1) is 20.5. The van der Waals surface area contributed by atoms with Gasteiger partial charge in [-0.1, -0.05) is 84.4 Å². The molecule has 0 saturated carbocycles. The van der Waals surface area contributed by atoms with E-state index >= 15 is 0 Å². The summed E-state index contributed by atoms with van der Waals surface area (Å²) in [5.41, 5.74) is 1.32. The number of nitrogens with zero attached hydrogens (tertiary/aromatic N) is 2. The van der Waals surface area contributed by atoms with Crippen LogP contribution in [-0.4, -0.2) is 36.1 Å². The maximum absolute atomic E-state index is 14.0. The topological polar surface area (TPSA) is 90.9 Å². The van der Waals surface area contributed by atoms with Crippen molar-refractivity contribution in [3.8, 4) is 0 Å². The lowest BCUT2D eigenvalue weighted by molar-refractivity contribution is -0.137. The van der Waals surface area contributed by atoms with Crippen LogP contribution < -0.4 is 15.5 Å². The van der Waals surface area contributed by atoms with E-state index in [0.29, 0.717) is 34.2 Å².